The van der Waals surface area contributed by atoms with Gasteiger partial charge in [-0.3, -0.25) is 0 Å². The second-order valence-corrected chi connectivity index (χ2v) is 8.81. The molecule has 0 radical (unpaired) electrons. The monoisotopic (exact) mass is 500 g/mol. The SMILES string of the molecule is Cl.Cl.c1ccc(CCN2CCN(CCCn3ccc4ccc(Cn5cnnc5)cc43)CC2)cc1. The van der Waals surface area contributed by atoms with E-state index in [0.29, 0.717) is 0 Å². The van der Waals surface area contributed by atoms with Gasteiger partial charge in [-0.25, -0.2) is 0 Å². The number of fused-ring (bicyclic) bond motifs is 1. The molecule has 0 spiro atoms. The summed E-state index contributed by atoms with van der Waals surface area (Å²) >= 11 is 0. The lowest BCUT2D eigenvalue weighted by molar-refractivity contribution is 0.131. The molecule has 0 unspecified atom stereocenters. The fraction of sp³-hybridized carbons (Fsp3) is 0.385. The van der Waals surface area contributed by atoms with Crippen LogP contribution < -0.4 is 0 Å². The van der Waals surface area contributed by atoms with E-state index in [1.807, 2.05) is 4.57 Å². The first-order valence-electron chi connectivity index (χ1n) is 11.7. The van der Waals surface area contributed by atoms with Crippen LogP contribution in [-0.2, 0) is 19.5 Å². The van der Waals surface area contributed by atoms with E-state index in [4.69, 9.17) is 0 Å². The molecule has 3 heterocycles. The molecule has 1 aliphatic rings. The first kappa shape index (κ1) is 26.2. The third-order valence-corrected chi connectivity index (χ3v) is 6.57. The van der Waals surface area contributed by atoms with Crippen LogP contribution in [0.4, 0.5) is 0 Å². The van der Waals surface area contributed by atoms with E-state index >= 15 is 0 Å². The van der Waals surface area contributed by atoms with Crippen LogP contribution in [0.3, 0.4) is 0 Å². The van der Waals surface area contributed by atoms with E-state index in [9.17, 15) is 0 Å². The van der Waals surface area contributed by atoms with Crippen LogP contribution in [0.5, 0.6) is 0 Å². The third-order valence-electron chi connectivity index (χ3n) is 6.57. The Hall–Kier alpha value is -2.38. The summed E-state index contributed by atoms with van der Waals surface area (Å²) in [5.41, 5.74) is 4.05. The van der Waals surface area contributed by atoms with Gasteiger partial charge in [0.05, 0.1) is 6.54 Å². The molecule has 8 heteroatoms. The Labute approximate surface area is 214 Å². The van der Waals surface area contributed by atoms with Crippen molar-refractivity contribution in [2.24, 2.45) is 0 Å². The lowest BCUT2D eigenvalue weighted by atomic mass is 10.1. The zero-order chi connectivity index (χ0) is 21.6. The fourth-order valence-corrected chi connectivity index (χ4v) is 4.67. The molecule has 0 amide bonds. The molecular formula is C26H34Cl2N6. The fourth-order valence-electron chi connectivity index (χ4n) is 4.67. The number of rotatable bonds is 9. The van der Waals surface area contributed by atoms with E-state index in [2.05, 4.69) is 85.4 Å². The molecule has 6 nitrogen and oxygen atoms in total. The highest BCUT2D eigenvalue weighted by Crippen LogP contribution is 2.19. The zero-order valence-corrected chi connectivity index (χ0v) is 21.1. The molecule has 1 aliphatic heterocycles. The largest absolute Gasteiger partial charge is 0.347 e. The van der Waals surface area contributed by atoms with Crippen molar-refractivity contribution in [2.45, 2.75) is 25.9 Å². The number of hydrogen-bond acceptors (Lipinski definition) is 4. The maximum atomic E-state index is 3.90. The van der Waals surface area contributed by atoms with Crippen LogP contribution in [0, 0.1) is 0 Å². The van der Waals surface area contributed by atoms with E-state index in [-0.39, 0.29) is 24.8 Å². The van der Waals surface area contributed by atoms with E-state index in [1.54, 1.807) is 12.7 Å². The standard InChI is InChI=1S/C26H32N6.2ClH/c1-2-5-23(6-3-1)9-13-30-17-15-29(16-18-30)11-4-12-32-14-10-25-8-7-24(19-26(25)32)20-31-21-27-28-22-31;;/h1-3,5-8,10,14,19,21-22H,4,9,11-13,15-18,20H2;2*1H. The van der Waals surface area contributed by atoms with Crippen LogP contribution in [0.25, 0.3) is 10.9 Å². The molecule has 34 heavy (non-hydrogen) atoms. The second-order valence-electron chi connectivity index (χ2n) is 8.81. The number of nitrogens with zero attached hydrogens (tertiary/aromatic N) is 6. The minimum Gasteiger partial charge on any atom is -0.347 e. The maximum absolute atomic E-state index is 3.90. The van der Waals surface area contributed by atoms with Gasteiger partial charge in [-0.05, 0) is 48.0 Å². The first-order valence-corrected chi connectivity index (χ1v) is 11.7. The Balaban J connectivity index is 0.00000162. The van der Waals surface area contributed by atoms with Gasteiger partial charge in [0, 0.05) is 51.0 Å². The molecule has 0 saturated carbocycles. The van der Waals surface area contributed by atoms with Gasteiger partial charge in [0.15, 0.2) is 0 Å². The van der Waals surface area contributed by atoms with Gasteiger partial charge in [0.2, 0.25) is 0 Å². The van der Waals surface area contributed by atoms with Gasteiger partial charge in [0.25, 0.3) is 0 Å². The van der Waals surface area contributed by atoms with Gasteiger partial charge in [-0.15, -0.1) is 35.0 Å². The summed E-state index contributed by atoms with van der Waals surface area (Å²) in [6.45, 7) is 8.96. The molecule has 2 aromatic heterocycles. The Morgan fingerprint density at radius 2 is 1.41 bits per heavy atom. The van der Waals surface area contributed by atoms with Crippen molar-refractivity contribution >= 4 is 35.7 Å². The lowest BCUT2D eigenvalue weighted by Gasteiger charge is -2.34. The van der Waals surface area contributed by atoms with Crippen molar-refractivity contribution < 1.29 is 0 Å². The molecule has 0 bridgehead atoms. The van der Waals surface area contributed by atoms with E-state index in [1.165, 1.54) is 67.7 Å². The summed E-state index contributed by atoms with van der Waals surface area (Å²) in [7, 11) is 0. The highest BCUT2D eigenvalue weighted by Gasteiger charge is 2.16. The van der Waals surface area contributed by atoms with Crippen molar-refractivity contribution in [1.29, 1.82) is 0 Å². The van der Waals surface area contributed by atoms with Crippen molar-refractivity contribution in [1.82, 2.24) is 29.1 Å². The van der Waals surface area contributed by atoms with Crippen LogP contribution in [0.1, 0.15) is 17.5 Å². The molecular weight excluding hydrogens is 467 g/mol. The Morgan fingerprint density at radius 3 is 2.15 bits per heavy atom. The number of piperazine rings is 1. The topological polar surface area (TPSA) is 42.1 Å². The van der Waals surface area contributed by atoms with Crippen LogP contribution in [-0.4, -0.2) is 68.4 Å². The predicted molar refractivity (Wildman–Crippen MR) is 143 cm³/mol. The molecule has 1 saturated heterocycles. The molecule has 0 aliphatic carbocycles. The summed E-state index contributed by atoms with van der Waals surface area (Å²) in [5, 5.41) is 9.11. The summed E-state index contributed by atoms with van der Waals surface area (Å²) < 4.78 is 4.41. The number of benzene rings is 2. The van der Waals surface area contributed by atoms with Crippen molar-refractivity contribution in [2.75, 3.05) is 39.3 Å². The lowest BCUT2D eigenvalue weighted by Crippen LogP contribution is -2.47. The summed E-state index contributed by atoms with van der Waals surface area (Å²) in [4.78, 5) is 5.24. The van der Waals surface area contributed by atoms with Gasteiger partial charge in [-0.1, -0.05) is 42.5 Å². The zero-order valence-electron chi connectivity index (χ0n) is 19.5. The Bertz CT molecular complexity index is 1110. The highest BCUT2D eigenvalue weighted by molar-refractivity contribution is 5.85. The normalized spacial score (nSPS) is 14.6. The second kappa shape index (κ2) is 12.9. The smallest absolute Gasteiger partial charge is 0.119 e. The van der Waals surface area contributed by atoms with Gasteiger partial charge in [0.1, 0.15) is 12.7 Å². The van der Waals surface area contributed by atoms with Gasteiger partial charge < -0.3 is 18.9 Å². The van der Waals surface area contributed by atoms with Crippen molar-refractivity contribution in [3.63, 3.8) is 0 Å². The molecule has 0 atom stereocenters. The minimum absolute atomic E-state index is 0. The van der Waals surface area contributed by atoms with Crippen LogP contribution in [0.2, 0.25) is 0 Å². The van der Waals surface area contributed by atoms with Gasteiger partial charge >= 0.3 is 0 Å². The van der Waals surface area contributed by atoms with Crippen molar-refractivity contribution in [3.8, 4) is 0 Å². The summed E-state index contributed by atoms with van der Waals surface area (Å²) in [5.74, 6) is 0. The molecule has 0 N–H and O–H groups in total. The van der Waals surface area contributed by atoms with E-state index < -0.39 is 0 Å². The Morgan fingerprint density at radius 1 is 0.706 bits per heavy atom. The molecule has 1 fully saturated rings. The average Bonchev–Trinajstić information content (AvgIpc) is 3.49. The number of hydrogen-bond donors (Lipinski definition) is 0. The number of halogens is 2. The summed E-state index contributed by atoms with van der Waals surface area (Å²) in [6, 6.07) is 19.8. The Kier molecular flexibility index (Phi) is 9.96. The first-order chi connectivity index (χ1) is 15.8. The summed E-state index contributed by atoms with van der Waals surface area (Å²) in [6.07, 6.45) is 8.11. The molecule has 182 valence electrons. The average molecular weight is 502 g/mol. The maximum Gasteiger partial charge on any atom is 0.119 e. The minimum atomic E-state index is 0. The predicted octanol–water partition coefficient (Wildman–Crippen LogP) is 4.38. The van der Waals surface area contributed by atoms with Gasteiger partial charge in [-0.2, -0.15) is 0 Å². The highest BCUT2D eigenvalue weighted by atomic mass is 35.5. The number of aryl methyl sites for hydroxylation is 1. The van der Waals surface area contributed by atoms with Crippen LogP contribution in [0.15, 0.2) is 73.4 Å². The van der Waals surface area contributed by atoms with E-state index in [0.717, 1.165) is 19.5 Å². The van der Waals surface area contributed by atoms with Crippen LogP contribution >= 0.6 is 24.8 Å². The quantitative estimate of drug-likeness (QED) is 0.342. The number of aromatic nitrogens is 4. The molecule has 4 aromatic rings. The molecule has 5 rings (SSSR count). The molecule has 2 aromatic carbocycles. The third kappa shape index (κ3) is 6.83. The van der Waals surface area contributed by atoms with Crippen molar-refractivity contribution in [3.05, 3.63) is 84.6 Å².